The summed E-state index contributed by atoms with van der Waals surface area (Å²) >= 11 is 0. The summed E-state index contributed by atoms with van der Waals surface area (Å²) in [7, 11) is -3.37. The van der Waals surface area contributed by atoms with Gasteiger partial charge in [-0.15, -0.1) is 0 Å². The summed E-state index contributed by atoms with van der Waals surface area (Å²) in [6.07, 6.45) is 6.31. The number of rotatable bonds is 5. The minimum atomic E-state index is -3.37. The average molecular weight is 286 g/mol. The molecular weight excluding hydrogens is 264 g/mol. The van der Waals surface area contributed by atoms with Crippen LogP contribution in [0.2, 0.25) is 0 Å². The van der Waals surface area contributed by atoms with Gasteiger partial charge in [0.05, 0.1) is 6.26 Å². The van der Waals surface area contributed by atoms with E-state index >= 15 is 0 Å². The van der Waals surface area contributed by atoms with Gasteiger partial charge in [0.25, 0.3) is 10.2 Å². The van der Waals surface area contributed by atoms with Crippen molar-refractivity contribution in [3.8, 4) is 0 Å². The molecule has 0 spiro atoms. The monoisotopic (exact) mass is 286 g/mol. The highest BCUT2D eigenvalue weighted by atomic mass is 32.2. The molecule has 0 amide bonds. The molecule has 1 aromatic rings. The Balaban J connectivity index is 1.92. The van der Waals surface area contributed by atoms with E-state index in [1.54, 1.807) is 10.6 Å². The first kappa shape index (κ1) is 14.6. The number of hydrogen-bond acceptors (Lipinski definition) is 3. The molecule has 0 unspecified atom stereocenters. The standard InChI is InChI=1S/C13H22N2O3S/c1-12(11-13-7-6-10-18-13)14-19(16,17)15-8-4-2-3-5-9-15/h6-7,10,12,14H,2-5,8-9,11H2,1H3/t12-/m0/s1. The summed E-state index contributed by atoms with van der Waals surface area (Å²) in [6.45, 7) is 3.11. The van der Waals surface area contributed by atoms with Gasteiger partial charge in [-0.3, -0.25) is 0 Å². The van der Waals surface area contributed by atoms with Crippen LogP contribution in [0.3, 0.4) is 0 Å². The fourth-order valence-corrected chi connectivity index (χ4v) is 3.86. The molecule has 1 fully saturated rings. The van der Waals surface area contributed by atoms with E-state index in [0.29, 0.717) is 19.5 Å². The summed E-state index contributed by atoms with van der Waals surface area (Å²) in [5, 5.41) is 0. The van der Waals surface area contributed by atoms with E-state index in [0.717, 1.165) is 31.4 Å². The fraction of sp³-hybridized carbons (Fsp3) is 0.692. The van der Waals surface area contributed by atoms with Gasteiger partial charge in [0.15, 0.2) is 0 Å². The molecule has 108 valence electrons. The topological polar surface area (TPSA) is 62.6 Å². The van der Waals surface area contributed by atoms with Gasteiger partial charge in [-0.2, -0.15) is 17.4 Å². The molecule has 0 saturated carbocycles. The van der Waals surface area contributed by atoms with Crippen LogP contribution in [0.1, 0.15) is 38.4 Å². The Kier molecular flexibility index (Phi) is 5.01. The molecular formula is C13H22N2O3S. The number of furan rings is 1. The second-order valence-corrected chi connectivity index (χ2v) is 6.82. The molecule has 1 atom stereocenters. The Morgan fingerprint density at radius 2 is 2.00 bits per heavy atom. The molecule has 6 heteroatoms. The zero-order valence-electron chi connectivity index (χ0n) is 11.3. The summed E-state index contributed by atoms with van der Waals surface area (Å²) in [6, 6.07) is 3.50. The lowest BCUT2D eigenvalue weighted by molar-refractivity contribution is 0.405. The fourth-order valence-electron chi connectivity index (χ4n) is 2.38. The second kappa shape index (κ2) is 6.54. The summed E-state index contributed by atoms with van der Waals surface area (Å²) in [5.74, 6) is 0.797. The normalized spacial score (nSPS) is 20.1. The maximum Gasteiger partial charge on any atom is 0.279 e. The predicted octanol–water partition coefficient (Wildman–Crippen LogP) is 1.92. The van der Waals surface area contributed by atoms with Gasteiger partial charge in [0, 0.05) is 25.6 Å². The lowest BCUT2D eigenvalue weighted by Crippen LogP contribution is -2.45. The molecule has 0 radical (unpaired) electrons. The van der Waals surface area contributed by atoms with Gasteiger partial charge in [0.2, 0.25) is 0 Å². The minimum absolute atomic E-state index is 0.167. The van der Waals surface area contributed by atoms with Crippen molar-refractivity contribution in [3.05, 3.63) is 24.2 Å². The largest absolute Gasteiger partial charge is 0.469 e. The highest BCUT2D eigenvalue weighted by molar-refractivity contribution is 7.87. The van der Waals surface area contributed by atoms with Crippen molar-refractivity contribution in [2.24, 2.45) is 0 Å². The van der Waals surface area contributed by atoms with Crippen molar-refractivity contribution in [1.82, 2.24) is 9.03 Å². The van der Waals surface area contributed by atoms with E-state index in [1.807, 2.05) is 19.1 Å². The van der Waals surface area contributed by atoms with E-state index in [4.69, 9.17) is 4.42 Å². The van der Waals surface area contributed by atoms with Crippen LogP contribution in [0.25, 0.3) is 0 Å². The summed E-state index contributed by atoms with van der Waals surface area (Å²) in [5.41, 5.74) is 0. The first-order valence-corrected chi connectivity index (χ1v) is 8.32. The molecule has 0 aliphatic carbocycles. The van der Waals surface area contributed by atoms with E-state index in [2.05, 4.69) is 4.72 Å². The highest BCUT2D eigenvalue weighted by Gasteiger charge is 2.24. The first-order valence-electron chi connectivity index (χ1n) is 6.88. The van der Waals surface area contributed by atoms with Crippen LogP contribution >= 0.6 is 0 Å². The molecule has 1 saturated heterocycles. The molecule has 0 bridgehead atoms. The Morgan fingerprint density at radius 3 is 2.58 bits per heavy atom. The van der Waals surface area contributed by atoms with Gasteiger partial charge in [-0.25, -0.2) is 0 Å². The molecule has 19 heavy (non-hydrogen) atoms. The Labute approximate surface area is 115 Å². The maximum absolute atomic E-state index is 12.3. The number of hydrogen-bond donors (Lipinski definition) is 1. The number of nitrogens with one attached hydrogen (secondary N) is 1. The second-order valence-electron chi connectivity index (χ2n) is 5.12. The average Bonchev–Trinajstić information content (AvgIpc) is 2.67. The van der Waals surface area contributed by atoms with Crippen LogP contribution in [0.15, 0.2) is 22.8 Å². The molecule has 2 heterocycles. The van der Waals surface area contributed by atoms with E-state index in [1.165, 1.54) is 0 Å². The zero-order chi connectivity index (χ0) is 13.7. The van der Waals surface area contributed by atoms with Gasteiger partial charge in [-0.05, 0) is 31.9 Å². The summed E-state index contributed by atoms with van der Waals surface area (Å²) < 4.78 is 34.1. The van der Waals surface area contributed by atoms with Crippen LogP contribution in [-0.4, -0.2) is 31.9 Å². The lowest BCUT2D eigenvalue weighted by Gasteiger charge is -2.22. The van der Waals surface area contributed by atoms with Crippen LogP contribution < -0.4 is 4.72 Å². The first-order chi connectivity index (χ1) is 9.08. The van der Waals surface area contributed by atoms with Gasteiger partial charge >= 0.3 is 0 Å². The molecule has 1 aromatic heterocycles. The van der Waals surface area contributed by atoms with E-state index in [-0.39, 0.29) is 6.04 Å². The minimum Gasteiger partial charge on any atom is -0.469 e. The van der Waals surface area contributed by atoms with Crippen molar-refractivity contribution < 1.29 is 12.8 Å². The van der Waals surface area contributed by atoms with Crippen molar-refractivity contribution in [2.75, 3.05) is 13.1 Å². The Morgan fingerprint density at radius 1 is 1.32 bits per heavy atom. The lowest BCUT2D eigenvalue weighted by atomic mass is 10.2. The van der Waals surface area contributed by atoms with E-state index in [9.17, 15) is 8.42 Å². The molecule has 2 rings (SSSR count). The van der Waals surface area contributed by atoms with E-state index < -0.39 is 10.2 Å². The van der Waals surface area contributed by atoms with Crippen molar-refractivity contribution >= 4 is 10.2 Å². The van der Waals surface area contributed by atoms with Gasteiger partial charge in [-0.1, -0.05) is 12.8 Å². The smallest absolute Gasteiger partial charge is 0.279 e. The van der Waals surface area contributed by atoms with Crippen LogP contribution in [0, 0.1) is 0 Å². The van der Waals surface area contributed by atoms with Crippen molar-refractivity contribution in [1.29, 1.82) is 0 Å². The predicted molar refractivity (Wildman–Crippen MR) is 74.0 cm³/mol. The van der Waals surface area contributed by atoms with Crippen molar-refractivity contribution in [2.45, 2.75) is 45.1 Å². The van der Waals surface area contributed by atoms with Crippen LogP contribution in [0.4, 0.5) is 0 Å². The molecule has 1 N–H and O–H groups in total. The van der Waals surface area contributed by atoms with Crippen LogP contribution in [0.5, 0.6) is 0 Å². The quantitative estimate of drug-likeness (QED) is 0.899. The number of nitrogens with zero attached hydrogens (tertiary/aromatic N) is 1. The van der Waals surface area contributed by atoms with Gasteiger partial charge < -0.3 is 4.42 Å². The molecule has 5 nitrogen and oxygen atoms in total. The molecule has 0 aromatic carbocycles. The van der Waals surface area contributed by atoms with Crippen molar-refractivity contribution in [3.63, 3.8) is 0 Å². The third-order valence-electron chi connectivity index (χ3n) is 3.34. The van der Waals surface area contributed by atoms with Gasteiger partial charge in [0.1, 0.15) is 5.76 Å². The molecule has 1 aliphatic heterocycles. The third-order valence-corrected chi connectivity index (χ3v) is 5.09. The van der Waals surface area contributed by atoms with Crippen LogP contribution in [-0.2, 0) is 16.6 Å². The Hall–Kier alpha value is -0.850. The Bertz CT molecular complexity index is 462. The summed E-state index contributed by atoms with van der Waals surface area (Å²) in [4.78, 5) is 0. The third kappa shape index (κ3) is 4.33. The SMILES string of the molecule is C[C@@H](Cc1ccco1)NS(=O)(=O)N1CCCCCC1. The highest BCUT2D eigenvalue weighted by Crippen LogP contribution is 2.13. The molecule has 1 aliphatic rings. The zero-order valence-corrected chi connectivity index (χ0v) is 12.2. The maximum atomic E-state index is 12.3.